The average molecular weight is 244 g/mol. The molecule has 0 aliphatic heterocycles. The highest BCUT2D eigenvalue weighted by atomic mass is 16.5. The Bertz CT molecular complexity index is 566. The van der Waals surface area contributed by atoms with Gasteiger partial charge in [0.25, 0.3) is 0 Å². The minimum Gasteiger partial charge on any atom is -0.406 e. The van der Waals surface area contributed by atoms with Crippen molar-refractivity contribution >= 4 is 16.9 Å². The third-order valence-electron chi connectivity index (χ3n) is 2.77. The van der Waals surface area contributed by atoms with E-state index in [1.807, 2.05) is 44.2 Å². The van der Waals surface area contributed by atoms with Crippen molar-refractivity contribution in [2.24, 2.45) is 11.7 Å². The number of para-hydroxylation sites is 1. The van der Waals surface area contributed by atoms with Crippen molar-refractivity contribution in [3.8, 4) is 5.88 Å². The Morgan fingerprint density at radius 1 is 1.22 bits per heavy atom. The number of nitrogens with two attached hydrogens (primary N) is 1. The smallest absolute Gasteiger partial charge is 0.329 e. The molecule has 18 heavy (non-hydrogen) atoms. The summed E-state index contributed by atoms with van der Waals surface area (Å²) in [5.74, 6) is -0.125. The number of hydrogen-bond donors (Lipinski definition) is 1. The molecule has 1 aromatic carbocycles. The standard InChI is InChI=1S/C14H16N2O2/c1-9(2)13(15)14(17)18-12-8-7-10-5-3-4-6-11(10)16-12/h3-9,13H,15H2,1-2H3. The van der Waals surface area contributed by atoms with E-state index >= 15 is 0 Å². The number of benzene rings is 1. The van der Waals surface area contributed by atoms with Crippen LogP contribution >= 0.6 is 0 Å². The van der Waals surface area contributed by atoms with E-state index in [0.29, 0.717) is 0 Å². The normalized spacial score (nSPS) is 12.7. The summed E-state index contributed by atoms with van der Waals surface area (Å²) < 4.78 is 5.17. The van der Waals surface area contributed by atoms with Gasteiger partial charge < -0.3 is 10.5 Å². The first-order chi connectivity index (χ1) is 8.58. The fraction of sp³-hybridized carbons (Fsp3) is 0.286. The van der Waals surface area contributed by atoms with Crippen molar-refractivity contribution < 1.29 is 9.53 Å². The van der Waals surface area contributed by atoms with Crippen molar-refractivity contribution in [3.05, 3.63) is 36.4 Å². The van der Waals surface area contributed by atoms with E-state index < -0.39 is 12.0 Å². The van der Waals surface area contributed by atoms with E-state index in [9.17, 15) is 4.79 Å². The first-order valence-electron chi connectivity index (χ1n) is 5.91. The average Bonchev–Trinajstić information content (AvgIpc) is 2.37. The van der Waals surface area contributed by atoms with Crippen LogP contribution in [-0.2, 0) is 4.79 Å². The molecule has 0 aliphatic rings. The predicted octanol–water partition coefficient (Wildman–Crippen LogP) is 2.12. The third kappa shape index (κ3) is 2.65. The Morgan fingerprint density at radius 2 is 1.94 bits per heavy atom. The Kier molecular flexibility index (Phi) is 3.58. The molecule has 0 aliphatic carbocycles. The van der Waals surface area contributed by atoms with Crippen LogP contribution in [0.2, 0.25) is 0 Å². The summed E-state index contributed by atoms with van der Waals surface area (Å²) in [6.07, 6.45) is 0. The fourth-order valence-corrected chi connectivity index (χ4v) is 1.55. The SMILES string of the molecule is CC(C)C(N)C(=O)Oc1ccc2ccccc2n1. The van der Waals surface area contributed by atoms with E-state index in [2.05, 4.69) is 4.98 Å². The van der Waals surface area contributed by atoms with Crippen LogP contribution in [0.3, 0.4) is 0 Å². The van der Waals surface area contributed by atoms with E-state index in [0.717, 1.165) is 10.9 Å². The van der Waals surface area contributed by atoms with Crippen LogP contribution in [0.4, 0.5) is 0 Å². The van der Waals surface area contributed by atoms with Gasteiger partial charge in [-0.15, -0.1) is 0 Å². The third-order valence-corrected chi connectivity index (χ3v) is 2.77. The molecule has 1 heterocycles. The highest BCUT2D eigenvalue weighted by Crippen LogP contribution is 2.16. The number of esters is 1. The monoisotopic (exact) mass is 244 g/mol. The molecule has 0 radical (unpaired) electrons. The lowest BCUT2D eigenvalue weighted by atomic mass is 10.1. The van der Waals surface area contributed by atoms with Crippen molar-refractivity contribution in [2.45, 2.75) is 19.9 Å². The number of carbonyl (C=O) groups is 1. The second-order valence-electron chi connectivity index (χ2n) is 4.53. The van der Waals surface area contributed by atoms with Gasteiger partial charge in [-0.1, -0.05) is 32.0 Å². The summed E-state index contributed by atoms with van der Waals surface area (Å²) in [4.78, 5) is 16.0. The summed E-state index contributed by atoms with van der Waals surface area (Å²) >= 11 is 0. The van der Waals surface area contributed by atoms with Crippen LogP contribution in [0.5, 0.6) is 5.88 Å². The van der Waals surface area contributed by atoms with Gasteiger partial charge in [0, 0.05) is 11.5 Å². The lowest BCUT2D eigenvalue weighted by molar-refractivity contribution is -0.137. The zero-order chi connectivity index (χ0) is 13.1. The van der Waals surface area contributed by atoms with Crippen molar-refractivity contribution in [1.29, 1.82) is 0 Å². The second-order valence-corrected chi connectivity index (χ2v) is 4.53. The number of rotatable bonds is 3. The van der Waals surface area contributed by atoms with Crippen LogP contribution in [0, 0.1) is 5.92 Å². The predicted molar refractivity (Wildman–Crippen MR) is 70.2 cm³/mol. The highest BCUT2D eigenvalue weighted by molar-refractivity contribution is 5.81. The van der Waals surface area contributed by atoms with Gasteiger partial charge >= 0.3 is 5.97 Å². The molecular formula is C14H16N2O2. The van der Waals surface area contributed by atoms with E-state index in [4.69, 9.17) is 10.5 Å². The lowest BCUT2D eigenvalue weighted by Gasteiger charge is -2.13. The summed E-state index contributed by atoms with van der Waals surface area (Å²) in [6, 6.07) is 10.6. The van der Waals surface area contributed by atoms with E-state index in [1.54, 1.807) is 6.07 Å². The van der Waals surface area contributed by atoms with Gasteiger partial charge in [0.05, 0.1) is 5.52 Å². The van der Waals surface area contributed by atoms with Gasteiger partial charge in [-0.05, 0) is 18.1 Å². The van der Waals surface area contributed by atoms with Crippen LogP contribution < -0.4 is 10.5 Å². The number of aromatic nitrogens is 1. The summed E-state index contributed by atoms with van der Waals surface area (Å²) in [5.41, 5.74) is 6.51. The maximum absolute atomic E-state index is 11.7. The molecule has 2 rings (SSSR count). The Hall–Kier alpha value is -1.94. The minimum atomic E-state index is -0.627. The van der Waals surface area contributed by atoms with Gasteiger partial charge in [0.1, 0.15) is 6.04 Å². The quantitative estimate of drug-likeness (QED) is 0.840. The molecule has 4 nitrogen and oxygen atoms in total. The molecule has 2 aromatic rings. The molecule has 94 valence electrons. The molecule has 1 unspecified atom stereocenters. The lowest BCUT2D eigenvalue weighted by Crippen LogP contribution is -2.38. The zero-order valence-corrected chi connectivity index (χ0v) is 10.5. The molecule has 0 saturated heterocycles. The fourth-order valence-electron chi connectivity index (χ4n) is 1.55. The first kappa shape index (κ1) is 12.5. The van der Waals surface area contributed by atoms with Gasteiger partial charge in [0.2, 0.25) is 5.88 Å². The molecule has 2 N–H and O–H groups in total. The van der Waals surface area contributed by atoms with Crippen molar-refractivity contribution in [1.82, 2.24) is 4.98 Å². The maximum Gasteiger partial charge on any atom is 0.329 e. The topological polar surface area (TPSA) is 65.2 Å². The zero-order valence-electron chi connectivity index (χ0n) is 10.5. The molecule has 0 bridgehead atoms. The molecule has 0 amide bonds. The Morgan fingerprint density at radius 3 is 2.67 bits per heavy atom. The number of pyridine rings is 1. The number of carbonyl (C=O) groups excluding carboxylic acids is 1. The van der Waals surface area contributed by atoms with Crippen LogP contribution in [0.1, 0.15) is 13.8 Å². The molecule has 0 fully saturated rings. The highest BCUT2D eigenvalue weighted by Gasteiger charge is 2.19. The van der Waals surface area contributed by atoms with Crippen LogP contribution in [-0.4, -0.2) is 17.0 Å². The number of ether oxygens (including phenoxy) is 1. The van der Waals surface area contributed by atoms with Crippen LogP contribution in [0.15, 0.2) is 36.4 Å². The molecule has 0 spiro atoms. The van der Waals surface area contributed by atoms with Crippen molar-refractivity contribution in [2.75, 3.05) is 0 Å². The van der Waals surface area contributed by atoms with Crippen molar-refractivity contribution in [3.63, 3.8) is 0 Å². The molecule has 0 saturated carbocycles. The maximum atomic E-state index is 11.7. The Labute approximate surface area is 106 Å². The molecule has 1 atom stereocenters. The van der Waals surface area contributed by atoms with Gasteiger partial charge in [-0.3, -0.25) is 0 Å². The van der Waals surface area contributed by atoms with E-state index in [1.165, 1.54) is 0 Å². The molecule has 4 heteroatoms. The van der Waals surface area contributed by atoms with Gasteiger partial charge in [-0.25, -0.2) is 9.78 Å². The van der Waals surface area contributed by atoms with Gasteiger partial charge in [0.15, 0.2) is 0 Å². The second kappa shape index (κ2) is 5.14. The number of hydrogen-bond acceptors (Lipinski definition) is 4. The van der Waals surface area contributed by atoms with Crippen LogP contribution in [0.25, 0.3) is 10.9 Å². The minimum absolute atomic E-state index is 0.0398. The number of nitrogens with zero attached hydrogens (tertiary/aromatic N) is 1. The first-order valence-corrected chi connectivity index (χ1v) is 5.91. The molecule has 1 aromatic heterocycles. The van der Waals surface area contributed by atoms with E-state index in [-0.39, 0.29) is 11.8 Å². The van der Waals surface area contributed by atoms with Gasteiger partial charge in [-0.2, -0.15) is 0 Å². The Balaban J connectivity index is 2.19. The molecular weight excluding hydrogens is 228 g/mol. The summed E-state index contributed by atoms with van der Waals surface area (Å²) in [5, 5.41) is 1.01. The largest absolute Gasteiger partial charge is 0.406 e. The summed E-state index contributed by atoms with van der Waals surface area (Å²) in [7, 11) is 0. The number of fused-ring (bicyclic) bond motifs is 1. The summed E-state index contributed by atoms with van der Waals surface area (Å²) in [6.45, 7) is 3.75.